The Labute approximate surface area is 858 Å². The molecular formula is C127H216O11. The molecule has 0 radical (unpaired) electrons. The Balaban J connectivity index is -0.0000000523. The predicted octanol–water partition coefficient (Wildman–Crippen LogP) is 39.3. The summed E-state index contributed by atoms with van der Waals surface area (Å²) in [5.74, 6) is 0.467. The van der Waals surface area contributed by atoms with Gasteiger partial charge in [-0.05, 0) is 13.8 Å². The normalized spacial score (nSPS) is 7.04. The van der Waals surface area contributed by atoms with Gasteiger partial charge in [-0.15, -0.1) is 0 Å². The molecule has 11 nitrogen and oxygen atoms in total. The lowest BCUT2D eigenvalue weighted by molar-refractivity contribution is -0.115. The number of ketones is 5. The third-order valence-corrected chi connectivity index (χ3v) is 11.0. The highest BCUT2D eigenvalue weighted by atomic mass is 16.5. The van der Waals surface area contributed by atoms with Crippen molar-refractivity contribution in [2.45, 2.75) is 264 Å². The Morgan fingerprint density at radius 3 is 0.203 bits per heavy atom. The molecule has 0 atom stereocenters. The van der Waals surface area contributed by atoms with Crippen molar-refractivity contribution in [1.82, 2.24) is 0 Å². The Morgan fingerprint density at radius 2 is 0.159 bits per heavy atom. The lowest BCUT2D eigenvalue weighted by Gasteiger charge is -1.99. The molecule has 12 rings (SSSR count). The van der Waals surface area contributed by atoms with Crippen molar-refractivity contribution in [3.05, 3.63) is 433 Å². The highest BCUT2D eigenvalue weighted by Crippen LogP contribution is 2.12. The highest BCUT2D eigenvalue weighted by Gasteiger charge is 2.09. The SMILES string of the molecule is C.C.CC.CC.CC.CC.CC.CC.CC.CC.CC.CC.CC.CC.CC.CC.CC.CC.CC.CC(C)=O.COC.COC.COC.COC.COC.COC.O=C(c1ccccc1)c1ccccc1.O=C(c1ccccc1)c1ccccc1.O=C(c1ccccc1)c1ccccc1.O=C(c1ccccc1)c1ccccc1.c1ccccc1.c1ccccc1.c1ccccc1.c1ccccc1. The number of ether oxygens (including phenoxy) is 6. The number of hydrogen-bond acceptors (Lipinski definition) is 11. The molecule has 0 aliphatic rings. The van der Waals surface area contributed by atoms with Gasteiger partial charge in [-0.2, -0.15) is 0 Å². The Bertz CT molecular complexity index is 2900. The monoisotopic (exact) mass is 1920 g/mol. The number of Topliss-reactive ketones (excluding diaryl/α,β-unsaturated/α-hetero) is 1. The molecule has 0 spiro atoms. The van der Waals surface area contributed by atoms with Gasteiger partial charge in [-0.3, -0.25) is 19.2 Å². The van der Waals surface area contributed by atoms with Crippen LogP contribution in [0.3, 0.4) is 0 Å². The van der Waals surface area contributed by atoms with Gasteiger partial charge < -0.3 is 33.2 Å². The summed E-state index contributed by atoms with van der Waals surface area (Å²) in [6.45, 7) is 71.1. The number of benzene rings is 12. The van der Waals surface area contributed by atoms with E-state index >= 15 is 0 Å². The van der Waals surface area contributed by atoms with Gasteiger partial charge in [0.2, 0.25) is 0 Å². The number of carbonyl (C=O) groups excluding carboxylic acids is 5. The molecule has 0 saturated heterocycles. The molecule has 0 aliphatic heterocycles. The molecule has 0 fully saturated rings. The number of carbonyl (C=O) groups is 5. The van der Waals surface area contributed by atoms with E-state index in [1.54, 1.807) is 85.3 Å². The molecule has 0 bridgehead atoms. The van der Waals surface area contributed by atoms with Crippen LogP contribution in [0.15, 0.2) is 388 Å². The van der Waals surface area contributed by atoms with Crippen LogP contribution in [0, 0.1) is 0 Å². The second kappa shape index (κ2) is 205. The minimum atomic E-state index is 0. The first-order chi connectivity index (χ1) is 66.7. The fourth-order valence-electron chi connectivity index (χ4n) is 6.92. The Kier molecular flexibility index (Phi) is 271. The van der Waals surface area contributed by atoms with E-state index in [0.29, 0.717) is 0 Å². The zero-order valence-electron chi connectivity index (χ0n) is 95.9. The second-order valence-electron chi connectivity index (χ2n) is 20.2. The van der Waals surface area contributed by atoms with Crippen molar-refractivity contribution in [1.29, 1.82) is 0 Å². The molecule has 0 aliphatic carbocycles. The summed E-state index contributed by atoms with van der Waals surface area (Å²) in [6, 6.07) is 122. The zero-order chi connectivity index (χ0) is 110. The van der Waals surface area contributed by atoms with Gasteiger partial charge in [0.25, 0.3) is 0 Å². The molecule has 0 heterocycles. The van der Waals surface area contributed by atoms with Gasteiger partial charge in [0.05, 0.1) is 0 Å². The minimum absolute atomic E-state index is 0. The molecule has 790 valence electrons. The average Bonchev–Trinajstić information content (AvgIpc) is 0.889. The van der Waals surface area contributed by atoms with Crippen molar-refractivity contribution in [3.8, 4) is 0 Å². The summed E-state index contributed by atoms with van der Waals surface area (Å²) < 4.78 is 25.5. The highest BCUT2D eigenvalue weighted by molar-refractivity contribution is 6.10. The van der Waals surface area contributed by atoms with Crippen LogP contribution < -0.4 is 0 Å². The molecule has 138 heavy (non-hydrogen) atoms. The first-order valence-electron chi connectivity index (χ1n) is 49.2. The van der Waals surface area contributed by atoms with Gasteiger partial charge in [-0.25, -0.2) is 0 Å². The van der Waals surface area contributed by atoms with Crippen LogP contribution in [0.4, 0.5) is 0 Å². The van der Waals surface area contributed by atoms with Crippen LogP contribution in [-0.4, -0.2) is 114 Å². The zero-order valence-corrected chi connectivity index (χ0v) is 95.9. The summed E-state index contributed by atoms with van der Waals surface area (Å²) in [6.07, 6.45) is 0. The van der Waals surface area contributed by atoms with Gasteiger partial charge in [0, 0.05) is 130 Å². The van der Waals surface area contributed by atoms with Crippen LogP contribution in [0.2, 0.25) is 0 Å². The van der Waals surface area contributed by atoms with Gasteiger partial charge in [0.15, 0.2) is 23.1 Å². The summed E-state index contributed by atoms with van der Waals surface area (Å²) >= 11 is 0. The quantitative estimate of drug-likeness (QED) is 0.134. The predicted molar refractivity (Wildman–Crippen MR) is 631 cm³/mol. The molecule has 0 aromatic heterocycles. The summed E-state index contributed by atoms with van der Waals surface area (Å²) in [7, 11) is 19.5. The fraction of sp³-hybridized carbons (Fsp3) is 0.394. The first kappa shape index (κ1) is 183. The van der Waals surface area contributed by atoms with E-state index < -0.39 is 0 Å². The van der Waals surface area contributed by atoms with Crippen LogP contribution in [-0.2, 0) is 33.2 Å². The molecule has 12 aromatic rings. The van der Waals surface area contributed by atoms with Crippen molar-refractivity contribution in [3.63, 3.8) is 0 Å². The number of hydrogen-bond donors (Lipinski definition) is 0. The summed E-state index contributed by atoms with van der Waals surface area (Å²) in [4.78, 5) is 56.8. The first-order valence-corrected chi connectivity index (χ1v) is 49.2. The lowest BCUT2D eigenvalue weighted by Crippen LogP contribution is -1.99. The van der Waals surface area contributed by atoms with E-state index in [1.807, 2.05) is 624 Å². The molecule has 0 amide bonds. The largest absolute Gasteiger partial charge is 0.388 e. The van der Waals surface area contributed by atoms with Gasteiger partial charge >= 0.3 is 0 Å². The number of methoxy groups -OCH3 is 6. The van der Waals surface area contributed by atoms with E-state index in [-0.39, 0.29) is 43.8 Å². The van der Waals surface area contributed by atoms with Crippen LogP contribution in [0.25, 0.3) is 0 Å². The average molecular weight is 1920 g/mol. The maximum absolute atomic E-state index is 11.8. The third kappa shape index (κ3) is 162. The second-order valence-corrected chi connectivity index (χ2v) is 20.2. The molecule has 0 saturated carbocycles. The fourth-order valence-corrected chi connectivity index (χ4v) is 6.92. The lowest BCUT2D eigenvalue weighted by atomic mass is 10.0. The van der Waals surface area contributed by atoms with Crippen molar-refractivity contribution >= 4 is 28.9 Å². The van der Waals surface area contributed by atoms with Gasteiger partial charge in [-0.1, -0.05) is 639 Å². The summed E-state index contributed by atoms with van der Waals surface area (Å²) in [5.41, 5.74) is 5.88. The van der Waals surface area contributed by atoms with Crippen LogP contribution >= 0.6 is 0 Å². The van der Waals surface area contributed by atoms with E-state index in [0.717, 1.165) is 44.5 Å². The molecule has 12 aromatic carbocycles. The maximum atomic E-state index is 11.8. The standard InChI is InChI=1S/4C13H10O.4C6H6.C3H6O.6C2H6O.17C2H6.2CH4/c4*14-13(11-7-3-1-4-8-11)12-9-5-2-6-10-12;4*1-2-4-6-5-3-1;1-3(2)4;6*1-3-2;17*1-2;;/h4*1-10H;4*1-6H;1-2H3;6*1-2H3;17*1-2H3;2*1H4. The van der Waals surface area contributed by atoms with E-state index in [2.05, 4.69) is 28.4 Å². The van der Waals surface area contributed by atoms with E-state index in [4.69, 9.17) is 0 Å². The van der Waals surface area contributed by atoms with E-state index in [9.17, 15) is 24.0 Å². The minimum Gasteiger partial charge on any atom is -0.388 e. The smallest absolute Gasteiger partial charge is 0.193 e. The van der Waals surface area contributed by atoms with Crippen LogP contribution in [0.1, 0.15) is 328 Å². The Hall–Kier alpha value is -11.3. The van der Waals surface area contributed by atoms with Gasteiger partial charge in [0.1, 0.15) is 5.78 Å². The molecule has 0 unspecified atom stereocenters. The van der Waals surface area contributed by atoms with Crippen molar-refractivity contribution in [2.24, 2.45) is 0 Å². The number of rotatable bonds is 8. The van der Waals surface area contributed by atoms with Crippen molar-refractivity contribution < 1.29 is 52.4 Å². The third-order valence-electron chi connectivity index (χ3n) is 11.0. The molecular weight excluding hydrogens is 1700 g/mol. The van der Waals surface area contributed by atoms with Crippen LogP contribution in [0.5, 0.6) is 0 Å². The van der Waals surface area contributed by atoms with E-state index in [1.165, 1.54) is 13.8 Å². The summed E-state index contributed by atoms with van der Waals surface area (Å²) in [5, 5.41) is 0. The van der Waals surface area contributed by atoms with Crippen molar-refractivity contribution in [2.75, 3.05) is 85.3 Å². The molecule has 0 N–H and O–H groups in total. The topological polar surface area (TPSA) is 141 Å². The molecule has 11 heteroatoms. The Morgan fingerprint density at radius 1 is 0.123 bits per heavy atom. The maximum Gasteiger partial charge on any atom is 0.193 e.